The maximum Gasteiger partial charge on any atom is 0.251 e. The number of aromatic hydroxyl groups is 2. The van der Waals surface area contributed by atoms with Gasteiger partial charge in [0.05, 0.1) is 13.2 Å². The fourth-order valence-electron chi connectivity index (χ4n) is 4.78. The van der Waals surface area contributed by atoms with E-state index in [9.17, 15) is 75.7 Å². The van der Waals surface area contributed by atoms with E-state index in [4.69, 9.17) is 19.7 Å². The van der Waals surface area contributed by atoms with E-state index in [1.165, 1.54) is 32.0 Å². The van der Waals surface area contributed by atoms with Gasteiger partial charge in [0.2, 0.25) is 5.79 Å². The van der Waals surface area contributed by atoms with Gasteiger partial charge in [0.25, 0.3) is 11.8 Å². The molecule has 0 bridgehead atoms. The third-order valence-corrected chi connectivity index (χ3v) is 7.93. The predicted octanol–water partition coefficient (Wildman–Crippen LogP) is -5.20. The van der Waals surface area contributed by atoms with Gasteiger partial charge >= 0.3 is 0 Å². The number of fused-ring (bicyclic) bond motifs is 1. The van der Waals surface area contributed by atoms with Crippen LogP contribution in [0, 0.1) is 0 Å². The number of carbonyl (C=O) groups excluding carboxylic acids is 3. The molecular weight excluding hydrogens is 764 g/mol. The lowest BCUT2D eigenvalue weighted by molar-refractivity contribution is -0.157. The van der Waals surface area contributed by atoms with Gasteiger partial charge in [-0.25, -0.2) is 0 Å². The summed E-state index contributed by atoms with van der Waals surface area (Å²) in [5.74, 6) is -1.97. The molecule has 1 aliphatic heterocycles. The first-order chi connectivity index (χ1) is 26.5. The molecule has 16 N–H and O–H groups in total. The minimum atomic E-state index is -2.09. The SMILES string of the molecule is CC(C)=O.CC1(C)Oc2ccc(CCNC(=O)C(O)C(O)C(O)C(O)C(O)CO)cc2O1.O=C(NCCc1ccc(O)c(O)c1)C(O)C(O)C(O)C(O)C(O)CO. The van der Waals surface area contributed by atoms with Crippen LogP contribution in [-0.2, 0) is 27.2 Å². The Kier molecular flexibility index (Phi) is 21.3. The fourth-order valence-corrected chi connectivity index (χ4v) is 4.78. The zero-order chi connectivity index (χ0) is 43.8. The monoisotopic (exact) mass is 820 g/mol. The van der Waals surface area contributed by atoms with Crippen LogP contribution in [0.3, 0.4) is 0 Å². The van der Waals surface area contributed by atoms with Crippen LogP contribution in [-0.4, -0.2) is 182 Å². The number of Topliss-reactive ketones (excluding diaryl/α,β-unsaturated/α-hetero) is 1. The number of amides is 2. The Balaban J connectivity index is 0.000000524. The predicted molar refractivity (Wildman–Crippen MR) is 196 cm³/mol. The van der Waals surface area contributed by atoms with Crippen LogP contribution >= 0.6 is 0 Å². The van der Waals surface area contributed by atoms with Crippen LogP contribution in [0.4, 0.5) is 0 Å². The third-order valence-electron chi connectivity index (χ3n) is 7.93. The molecule has 1 aliphatic rings. The summed E-state index contributed by atoms with van der Waals surface area (Å²) in [7, 11) is 0. The van der Waals surface area contributed by atoms with E-state index < -0.39 is 91.9 Å². The van der Waals surface area contributed by atoms with E-state index in [-0.39, 0.29) is 36.8 Å². The average Bonchev–Trinajstić information content (AvgIpc) is 3.48. The normalized spacial score (nSPS) is 18.0. The molecule has 0 radical (unpaired) electrons. The lowest BCUT2D eigenvalue weighted by Crippen LogP contribution is -2.54. The summed E-state index contributed by atoms with van der Waals surface area (Å²) < 4.78 is 11.2. The minimum Gasteiger partial charge on any atom is -0.504 e. The number of nitrogens with one attached hydrogen (secondary N) is 2. The van der Waals surface area contributed by atoms with Crippen molar-refractivity contribution in [2.24, 2.45) is 0 Å². The van der Waals surface area contributed by atoms with Gasteiger partial charge < -0.3 is 96.4 Å². The molecule has 324 valence electrons. The quantitative estimate of drug-likeness (QED) is 0.0625. The molecule has 21 heteroatoms. The maximum atomic E-state index is 11.9. The Morgan fingerprint density at radius 3 is 1.37 bits per heavy atom. The molecule has 2 aromatic carbocycles. The molecular formula is C36H56N2O19. The van der Waals surface area contributed by atoms with E-state index in [0.29, 0.717) is 23.5 Å². The van der Waals surface area contributed by atoms with Crippen LogP contribution in [0.15, 0.2) is 36.4 Å². The lowest BCUT2D eigenvalue weighted by atomic mass is 9.99. The molecule has 2 amide bonds. The van der Waals surface area contributed by atoms with Gasteiger partial charge in [-0.1, -0.05) is 12.1 Å². The van der Waals surface area contributed by atoms with Crippen molar-refractivity contribution < 1.29 is 95.3 Å². The highest BCUT2D eigenvalue weighted by Crippen LogP contribution is 2.39. The number of hydrogen-bond acceptors (Lipinski definition) is 19. The summed E-state index contributed by atoms with van der Waals surface area (Å²) in [6, 6.07) is 9.42. The summed E-state index contributed by atoms with van der Waals surface area (Å²) in [6.07, 6.45) is -19.1. The van der Waals surface area contributed by atoms with Crippen LogP contribution in [0.25, 0.3) is 0 Å². The Morgan fingerprint density at radius 1 is 0.579 bits per heavy atom. The number of ether oxygens (including phenoxy) is 2. The summed E-state index contributed by atoms with van der Waals surface area (Å²) in [5, 5.41) is 136. The van der Waals surface area contributed by atoms with Crippen molar-refractivity contribution in [2.45, 2.75) is 107 Å². The Hall–Kier alpha value is -4.23. The summed E-state index contributed by atoms with van der Waals surface area (Å²) in [5.41, 5.74) is 1.43. The molecule has 57 heavy (non-hydrogen) atoms. The highest BCUT2D eigenvalue weighted by Gasteiger charge is 2.38. The van der Waals surface area contributed by atoms with Gasteiger partial charge in [-0.3, -0.25) is 9.59 Å². The molecule has 0 fully saturated rings. The van der Waals surface area contributed by atoms with Crippen molar-refractivity contribution in [3.05, 3.63) is 47.5 Å². The van der Waals surface area contributed by atoms with Crippen LogP contribution < -0.4 is 20.1 Å². The first kappa shape index (κ1) is 50.8. The number of phenolic OH excluding ortho intramolecular Hbond substituents is 2. The Morgan fingerprint density at radius 2 is 0.965 bits per heavy atom. The molecule has 1 heterocycles. The minimum absolute atomic E-state index is 0.0186. The van der Waals surface area contributed by atoms with E-state index >= 15 is 0 Å². The number of carbonyl (C=O) groups is 3. The number of aliphatic hydroxyl groups excluding tert-OH is 12. The average molecular weight is 821 g/mol. The molecule has 0 aliphatic carbocycles. The third kappa shape index (κ3) is 16.6. The van der Waals surface area contributed by atoms with Gasteiger partial charge in [0, 0.05) is 26.9 Å². The van der Waals surface area contributed by atoms with Crippen molar-refractivity contribution in [1.82, 2.24) is 10.6 Å². The first-order valence-electron chi connectivity index (χ1n) is 17.5. The topological polar surface area (TPSA) is 377 Å². The van der Waals surface area contributed by atoms with Crippen molar-refractivity contribution in [2.75, 3.05) is 26.3 Å². The first-order valence-corrected chi connectivity index (χ1v) is 17.5. The number of phenols is 2. The molecule has 0 saturated heterocycles. The standard InChI is InChI=1S/C18H27NO9.C15H23NO9.C3H6O/c1-18(2)27-11-4-3-9(7-12(11)28-18)5-6-19-17(26)16(25)15(24)14(23)13(22)10(21)8-20;17-6-10(20)11(21)12(22)13(23)14(24)15(25)16-4-3-7-1-2-8(18)9(19)5-7;1-3(2)4/h3-4,7,10,13-16,20-25H,5-6,8H2,1-2H3,(H,19,26);1-2,5,10-14,17-24H,3-4,6H2,(H,16,25);1-2H3. The summed E-state index contributed by atoms with van der Waals surface area (Å²) in [6.45, 7) is 5.02. The highest BCUT2D eigenvalue weighted by molar-refractivity contribution is 5.81. The molecule has 2 aromatic rings. The van der Waals surface area contributed by atoms with Crippen molar-refractivity contribution in [3.8, 4) is 23.0 Å². The number of hydrogen-bond donors (Lipinski definition) is 16. The van der Waals surface area contributed by atoms with E-state index in [1.807, 2.05) is 0 Å². The smallest absolute Gasteiger partial charge is 0.251 e. The summed E-state index contributed by atoms with van der Waals surface area (Å²) in [4.78, 5) is 33.1. The fraction of sp³-hybridized carbons (Fsp3) is 0.583. The van der Waals surface area contributed by atoms with E-state index in [1.54, 1.807) is 32.0 Å². The van der Waals surface area contributed by atoms with Gasteiger partial charge in [0.15, 0.2) is 35.2 Å². The molecule has 21 nitrogen and oxygen atoms in total. The van der Waals surface area contributed by atoms with E-state index in [2.05, 4.69) is 10.6 Å². The Labute approximate surface area is 327 Å². The highest BCUT2D eigenvalue weighted by atomic mass is 16.7. The van der Waals surface area contributed by atoms with Crippen molar-refractivity contribution in [1.29, 1.82) is 0 Å². The molecule has 10 unspecified atom stereocenters. The summed E-state index contributed by atoms with van der Waals surface area (Å²) >= 11 is 0. The van der Waals surface area contributed by atoms with Crippen LogP contribution in [0.5, 0.6) is 23.0 Å². The van der Waals surface area contributed by atoms with Crippen molar-refractivity contribution in [3.63, 3.8) is 0 Å². The Bertz CT molecular complexity index is 1560. The second kappa shape index (κ2) is 23.9. The second-order valence-corrected chi connectivity index (χ2v) is 13.5. The van der Waals surface area contributed by atoms with Crippen LogP contribution in [0.2, 0.25) is 0 Å². The number of aliphatic hydroxyl groups is 12. The molecule has 0 spiro atoms. The maximum absolute atomic E-state index is 11.9. The zero-order valence-electron chi connectivity index (χ0n) is 31.8. The second-order valence-electron chi connectivity index (χ2n) is 13.5. The number of benzene rings is 2. The van der Waals surface area contributed by atoms with Gasteiger partial charge in [-0.15, -0.1) is 0 Å². The van der Waals surface area contributed by atoms with Crippen LogP contribution in [0.1, 0.15) is 38.8 Å². The van der Waals surface area contributed by atoms with Gasteiger partial charge in [0.1, 0.15) is 54.6 Å². The molecule has 0 aromatic heterocycles. The van der Waals surface area contributed by atoms with Gasteiger partial charge in [-0.2, -0.15) is 0 Å². The molecule has 3 rings (SSSR count). The largest absolute Gasteiger partial charge is 0.504 e. The number of ketones is 1. The molecule has 10 atom stereocenters. The zero-order valence-corrected chi connectivity index (χ0v) is 31.8. The molecule has 0 saturated carbocycles. The lowest BCUT2D eigenvalue weighted by Gasteiger charge is -2.27. The van der Waals surface area contributed by atoms with Gasteiger partial charge in [-0.05, 0) is 62.1 Å². The van der Waals surface area contributed by atoms with Crippen molar-refractivity contribution >= 4 is 17.6 Å². The van der Waals surface area contributed by atoms with E-state index in [0.717, 1.165) is 5.56 Å². The number of rotatable bonds is 18.